The van der Waals surface area contributed by atoms with Crippen molar-refractivity contribution in [2.24, 2.45) is 5.92 Å². The van der Waals surface area contributed by atoms with Gasteiger partial charge in [-0.3, -0.25) is 9.69 Å². The maximum absolute atomic E-state index is 12.8. The van der Waals surface area contributed by atoms with Crippen LogP contribution in [0, 0.1) is 12.8 Å². The number of likely N-dealkylation sites (tertiary alicyclic amines) is 1. The molecule has 30 heavy (non-hydrogen) atoms. The topological polar surface area (TPSA) is 61.8 Å². The Balaban J connectivity index is 1.56. The van der Waals surface area contributed by atoms with Crippen molar-refractivity contribution in [1.29, 1.82) is 0 Å². The van der Waals surface area contributed by atoms with Gasteiger partial charge < -0.3 is 15.2 Å². The van der Waals surface area contributed by atoms with Crippen LogP contribution in [-0.4, -0.2) is 41.7 Å². The van der Waals surface area contributed by atoms with Gasteiger partial charge in [-0.1, -0.05) is 42.7 Å². The number of aryl methyl sites for hydroxylation is 1. The van der Waals surface area contributed by atoms with Gasteiger partial charge in [0.25, 0.3) is 0 Å². The highest BCUT2D eigenvalue weighted by molar-refractivity contribution is 5.92. The Kier molecular flexibility index (Phi) is 6.11. The molecule has 1 saturated carbocycles. The molecule has 3 atom stereocenters. The minimum Gasteiger partial charge on any atom is -0.497 e. The van der Waals surface area contributed by atoms with Gasteiger partial charge >= 0.3 is 0 Å². The van der Waals surface area contributed by atoms with Crippen LogP contribution in [0.5, 0.6) is 5.75 Å². The van der Waals surface area contributed by atoms with Gasteiger partial charge in [-0.15, -0.1) is 0 Å². The molecule has 2 aromatic rings. The number of benzene rings is 2. The summed E-state index contributed by atoms with van der Waals surface area (Å²) >= 11 is 0. The molecule has 160 valence electrons. The highest BCUT2D eigenvalue weighted by Crippen LogP contribution is 2.49. The van der Waals surface area contributed by atoms with Crippen LogP contribution in [-0.2, 0) is 4.79 Å². The van der Waals surface area contributed by atoms with E-state index in [2.05, 4.69) is 22.3 Å². The number of fused-ring (bicyclic) bond motifs is 1. The molecule has 1 heterocycles. The number of carbonyl (C=O) groups excluding carboxylic acids is 1. The molecule has 1 amide bonds. The maximum Gasteiger partial charge on any atom is 0.238 e. The second kappa shape index (κ2) is 8.78. The number of amides is 1. The number of nitrogens with one attached hydrogen (secondary N) is 1. The molecule has 2 aromatic carbocycles. The van der Waals surface area contributed by atoms with Gasteiger partial charge in [-0.05, 0) is 56.0 Å². The van der Waals surface area contributed by atoms with Gasteiger partial charge in [-0.25, -0.2) is 0 Å². The van der Waals surface area contributed by atoms with E-state index in [0.717, 1.165) is 49.1 Å². The van der Waals surface area contributed by atoms with E-state index in [0.29, 0.717) is 13.1 Å². The maximum atomic E-state index is 12.8. The number of carbonyl (C=O) groups is 1. The molecule has 0 bridgehead atoms. The predicted octanol–water partition coefficient (Wildman–Crippen LogP) is 4.31. The number of methoxy groups -OCH3 is 1. The number of hydrogen-bond acceptors (Lipinski definition) is 4. The largest absolute Gasteiger partial charge is 0.497 e. The molecule has 1 aliphatic carbocycles. The summed E-state index contributed by atoms with van der Waals surface area (Å²) in [6, 6.07) is 16.0. The number of nitrogens with zero attached hydrogens (tertiary/aromatic N) is 1. The minimum atomic E-state index is -0.632. The number of rotatable bonds is 5. The van der Waals surface area contributed by atoms with Crippen LogP contribution < -0.4 is 10.1 Å². The summed E-state index contributed by atoms with van der Waals surface area (Å²) in [5.41, 5.74) is 2.49. The normalized spacial score (nSPS) is 26.6. The fourth-order valence-corrected chi connectivity index (χ4v) is 5.19. The average Bonchev–Trinajstić information content (AvgIpc) is 2.75. The highest BCUT2D eigenvalue weighted by Gasteiger charge is 2.49. The first-order valence-corrected chi connectivity index (χ1v) is 11.0. The van der Waals surface area contributed by atoms with Gasteiger partial charge in [0.1, 0.15) is 5.75 Å². The number of anilines is 1. The molecule has 1 saturated heterocycles. The average molecular weight is 409 g/mol. The molecule has 4 rings (SSSR count). The SMILES string of the molecule is COc1ccc(C2C3CCCCC3(O)CCN2CC(=O)Nc2ccc(C)cc2)cc1. The van der Waals surface area contributed by atoms with E-state index < -0.39 is 5.60 Å². The number of hydrogen-bond donors (Lipinski definition) is 2. The van der Waals surface area contributed by atoms with Crippen molar-refractivity contribution in [3.05, 3.63) is 59.7 Å². The Morgan fingerprint density at radius 1 is 1.13 bits per heavy atom. The molecular weight excluding hydrogens is 376 g/mol. The van der Waals surface area contributed by atoms with Crippen molar-refractivity contribution in [3.63, 3.8) is 0 Å². The lowest BCUT2D eigenvalue weighted by molar-refractivity contribution is -0.135. The third-order valence-electron chi connectivity index (χ3n) is 6.81. The summed E-state index contributed by atoms with van der Waals surface area (Å²) in [7, 11) is 1.66. The Morgan fingerprint density at radius 2 is 1.87 bits per heavy atom. The van der Waals surface area contributed by atoms with Crippen LogP contribution >= 0.6 is 0 Å². The summed E-state index contributed by atoms with van der Waals surface area (Å²) in [6.45, 7) is 3.06. The van der Waals surface area contributed by atoms with E-state index in [1.807, 2.05) is 43.3 Å². The van der Waals surface area contributed by atoms with E-state index in [4.69, 9.17) is 4.74 Å². The molecular formula is C25H32N2O3. The second-order valence-electron chi connectivity index (χ2n) is 8.81. The summed E-state index contributed by atoms with van der Waals surface area (Å²) < 4.78 is 5.32. The highest BCUT2D eigenvalue weighted by atomic mass is 16.5. The molecule has 1 aliphatic heterocycles. The molecule has 2 fully saturated rings. The van der Waals surface area contributed by atoms with Crippen LogP contribution in [0.15, 0.2) is 48.5 Å². The third-order valence-corrected chi connectivity index (χ3v) is 6.81. The number of ether oxygens (including phenoxy) is 1. The number of piperidine rings is 1. The molecule has 5 heteroatoms. The first-order chi connectivity index (χ1) is 14.5. The zero-order valence-electron chi connectivity index (χ0n) is 17.9. The van der Waals surface area contributed by atoms with Gasteiger partial charge in [0.15, 0.2) is 0 Å². The summed E-state index contributed by atoms with van der Waals surface area (Å²) in [5, 5.41) is 14.4. The second-order valence-corrected chi connectivity index (χ2v) is 8.81. The van der Waals surface area contributed by atoms with Gasteiger partial charge in [-0.2, -0.15) is 0 Å². The van der Waals surface area contributed by atoms with Gasteiger partial charge in [0.05, 0.1) is 19.3 Å². The van der Waals surface area contributed by atoms with E-state index in [1.54, 1.807) is 7.11 Å². The summed E-state index contributed by atoms with van der Waals surface area (Å²) in [4.78, 5) is 15.1. The van der Waals surface area contributed by atoms with Crippen LogP contribution in [0.3, 0.4) is 0 Å². The molecule has 2 aliphatic rings. The first-order valence-electron chi connectivity index (χ1n) is 11.0. The Morgan fingerprint density at radius 3 is 2.57 bits per heavy atom. The van der Waals surface area contributed by atoms with Crippen LogP contribution in [0.1, 0.15) is 49.3 Å². The third kappa shape index (κ3) is 4.37. The summed E-state index contributed by atoms with van der Waals surface area (Å²) in [6.07, 6.45) is 4.78. The van der Waals surface area contributed by atoms with E-state index in [-0.39, 0.29) is 17.9 Å². The van der Waals surface area contributed by atoms with E-state index >= 15 is 0 Å². The molecule has 3 unspecified atom stereocenters. The van der Waals surface area contributed by atoms with Crippen molar-refractivity contribution < 1.29 is 14.6 Å². The van der Waals surface area contributed by atoms with Crippen LogP contribution in [0.4, 0.5) is 5.69 Å². The van der Waals surface area contributed by atoms with Crippen LogP contribution in [0.25, 0.3) is 0 Å². The fraction of sp³-hybridized carbons (Fsp3) is 0.480. The fourth-order valence-electron chi connectivity index (χ4n) is 5.19. The molecule has 5 nitrogen and oxygen atoms in total. The standard InChI is InChI=1S/C25H32N2O3/c1-18-6-10-20(11-7-18)26-23(28)17-27-16-15-25(29)14-4-3-5-22(25)24(27)19-8-12-21(30-2)13-9-19/h6-13,22,24,29H,3-5,14-17H2,1-2H3,(H,26,28). The lowest BCUT2D eigenvalue weighted by Crippen LogP contribution is -2.56. The predicted molar refractivity (Wildman–Crippen MR) is 119 cm³/mol. The van der Waals surface area contributed by atoms with Crippen molar-refractivity contribution in [2.75, 3.05) is 25.5 Å². The van der Waals surface area contributed by atoms with Crippen molar-refractivity contribution >= 4 is 11.6 Å². The lowest BCUT2D eigenvalue weighted by Gasteiger charge is -2.52. The minimum absolute atomic E-state index is 0.0152. The van der Waals surface area contributed by atoms with Crippen molar-refractivity contribution in [3.8, 4) is 5.75 Å². The summed E-state index contributed by atoms with van der Waals surface area (Å²) in [5.74, 6) is 0.941. The zero-order chi connectivity index (χ0) is 21.1. The van der Waals surface area contributed by atoms with Gasteiger partial charge in [0, 0.05) is 24.2 Å². The monoisotopic (exact) mass is 408 g/mol. The van der Waals surface area contributed by atoms with Crippen LogP contribution in [0.2, 0.25) is 0 Å². The van der Waals surface area contributed by atoms with Gasteiger partial charge in [0.2, 0.25) is 5.91 Å². The smallest absolute Gasteiger partial charge is 0.238 e. The van der Waals surface area contributed by atoms with E-state index in [9.17, 15) is 9.90 Å². The zero-order valence-corrected chi connectivity index (χ0v) is 17.9. The molecule has 0 radical (unpaired) electrons. The lowest BCUT2D eigenvalue weighted by atomic mass is 9.66. The Hall–Kier alpha value is -2.37. The molecule has 0 aromatic heterocycles. The number of aliphatic hydroxyl groups is 1. The molecule has 2 N–H and O–H groups in total. The Bertz CT molecular complexity index is 865. The first kappa shape index (κ1) is 20.9. The Labute approximate surface area is 179 Å². The van der Waals surface area contributed by atoms with E-state index in [1.165, 1.54) is 5.56 Å². The quantitative estimate of drug-likeness (QED) is 0.774. The van der Waals surface area contributed by atoms with Crippen molar-refractivity contribution in [1.82, 2.24) is 4.90 Å². The molecule has 0 spiro atoms. The van der Waals surface area contributed by atoms with Crippen molar-refractivity contribution in [2.45, 2.75) is 50.7 Å².